The zero-order valence-corrected chi connectivity index (χ0v) is 13.1. The van der Waals surface area contributed by atoms with E-state index in [0.717, 1.165) is 16.7 Å². The number of aryl methyl sites for hydroxylation is 2. The topological polar surface area (TPSA) is 55.2 Å². The second-order valence-electron chi connectivity index (χ2n) is 4.84. The molecule has 0 unspecified atom stereocenters. The van der Waals surface area contributed by atoms with Gasteiger partial charge in [-0.3, -0.25) is 10.1 Å². The van der Waals surface area contributed by atoms with Crippen molar-refractivity contribution in [3.63, 3.8) is 0 Å². The second-order valence-corrected chi connectivity index (χ2v) is 5.71. The summed E-state index contributed by atoms with van der Waals surface area (Å²) in [5.74, 6) is 0. The van der Waals surface area contributed by atoms with Gasteiger partial charge in [0, 0.05) is 22.7 Å². The lowest BCUT2D eigenvalue weighted by Gasteiger charge is -2.10. The van der Waals surface area contributed by atoms with E-state index < -0.39 is 0 Å². The quantitative estimate of drug-likeness (QED) is 0.626. The molecule has 0 atom stereocenters. The van der Waals surface area contributed by atoms with Gasteiger partial charge in [0.15, 0.2) is 0 Å². The van der Waals surface area contributed by atoms with E-state index in [1.165, 1.54) is 0 Å². The molecule has 0 fully saturated rings. The van der Waals surface area contributed by atoms with Crippen LogP contribution >= 0.6 is 23.2 Å². The molecule has 1 N–H and O–H groups in total. The van der Waals surface area contributed by atoms with Crippen LogP contribution in [0.4, 0.5) is 11.4 Å². The average Bonchev–Trinajstić information content (AvgIpc) is 2.38. The lowest BCUT2D eigenvalue weighted by atomic mass is 10.1. The summed E-state index contributed by atoms with van der Waals surface area (Å²) in [7, 11) is 0. The average molecular weight is 325 g/mol. The Balaban J connectivity index is 2.27. The van der Waals surface area contributed by atoms with Crippen molar-refractivity contribution in [1.82, 2.24) is 0 Å². The molecule has 110 valence electrons. The Morgan fingerprint density at radius 1 is 1.05 bits per heavy atom. The van der Waals surface area contributed by atoms with E-state index >= 15 is 0 Å². The smallest absolute Gasteiger partial charge is 0.292 e. The van der Waals surface area contributed by atoms with Gasteiger partial charge in [-0.25, -0.2) is 0 Å². The molecule has 4 nitrogen and oxygen atoms in total. The minimum atomic E-state index is -0.389. The first kappa shape index (κ1) is 15.6. The van der Waals surface area contributed by atoms with Crippen molar-refractivity contribution < 1.29 is 4.92 Å². The molecule has 6 heteroatoms. The summed E-state index contributed by atoms with van der Waals surface area (Å²) in [6.07, 6.45) is 0. The Morgan fingerprint density at radius 3 is 2.19 bits per heavy atom. The summed E-state index contributed by atoms with van der Waals surface area (Å²) >= 11 is 11.9. The molecule has 0 aromatic heterocycles. The Morgan fingerprint density at radius 2 is 1.62 bits per heavy atom. The monoisotopic (exact) mass is 324 g/mol. The van der Waals surface area contributed by atoms with E-state index in [-0.39, 0.29) is 10.6 Å². The van der Waals surface area contributed by atoms with Crippen LogP contribution < -0.4 is 5.32 Å². The van der Waals surface area contributed by atoms with Gasteiger partial charge in [0.05, 0.1) is 4.92 Å². The van der Waals surface area contributed by atoms with Crippen molar-refractivity contribution in [1.29, 1.82) is 0 Å². The van der Waals surface area contributed by atoms with Crippen LogP contribution in [0.2, 0.25) is 10.0 Å². The standard InChI is InChI=1S/C15H14Cl2N2O2/c1-9-3-14(15(19(20)21)4-10(9)2)18-8-11-5-12(16)7-13(17)6-11/h3-7,18H,8H2,1-2H3. The van der Waals surface area contributed by atoms with Crippen LogP contribution in [0.1, 0.15) is 16.7 Å². The number of hydrogen-bond donors (Lipinski definition) is 1. The van der Waals surface area contributed by atoms with Crippen molar-refractivity contribution in [3.8, 4) is 0 Å². The number of halogens is 2. The molecule has 0 amide bonds. The second kappa shape index (κ2) is 6.33. The molecule has 0 bridgehead atoms. The van der Waals surface area contributed by atoms with Gasteiger partial charge >= 0.3 is 0 Å². The fourth-order valence-corrected chi connectivity index (χ4v) is 2.58. The van der Waals surface area contributed by atoms with Crippen LogP contribution in [0.25, 0.3) is 0 Å². The molecular weight excluding hydrogens is 311 g/mol. The molecule has 0 saturated heterocycles. The van der Waals surface area contributed by atoms with E-state index in [2.05, 4.69) is 5.32 Å². The van der Waals surface area contributed by atoms with Crippen molar-refractivity contribution in [3.05, 3.63) is 67.2 Å². The van der Waals surface area contributed by atoms with Crippen LogP contribution in [-0.4, -0.2) is 4.92 Å². The predicted molar refractivity (Wildman–Crippen MR) is 86.4 cm³/mol. The first-order chi connectivity index (χ1) is 9.86. The minimum Gasteiger partial charge on any atom is -0.375 e. The van der Waals surface area contributed by atoms with E-state index in [1.807, 2.05) is 13.8 Å². The van der Waals surface area contributed by atoms with Crippen molar-refractivity contribution in [2.24, 2.45) is 0 Å². The number of nitro groups is 1. The highest BCUT2D eigenvalue weighted by Gasteiger charge is 2.15. The third-order valence-electron chi connectivity index (χ3n) is 3.21. The highest BCUT2D eigenvalue weighted by Crippen LogP contribution is 2.29. The molecule has 0 aliphatic carbocycles. The summed E-state index contributed by atoms with van der Waals surface area (Å²) in [6.45, 7) is 4.17. The number of nitrogens with one attached hydrogen (secondary N) is 1. The largest absolute Gasteiger partial charge is 0.375 e. The first-order valence-corrected chi connectivity index (χ1v) is 7.07. The molecule has 0 spiro atoms. The normalized spacial score (nSPS) is 10.5. The molecular formula is C15H14Cl2N2O2. The number of nitro benzene ring substituents is 1. The minimum absolute atomic E-state index is 0.0613. The van der Waals surface area contributed by atoms with Gasteiger partial charge in [-0.1, -0.05) is 23.2 Å². The molecule has 0 aliphatic rings. The van der Waals surface area contributed by atoms with Gasteiger partial charge in [0.25, 0.3) is 5.69 Å². The molecule has 0 radical (unpaired) electrons. The highest BCUT2D eigenvalue weighted by atomic mass is 35.5. The van der Waals surface area contributed by atoms with Crippen LogP contribution in [0, 0.1) is 24.0 Å². The first-order valence-electron chi connectivity index (χ1n) is 6.31. The number of anilines is 1. The van der Waals surface area contributed by atoms with E-state index in [9.17, 15) is 10.1 Å². The van der Waals surface area contributed by atoms with E-state index in [4.69, 9.17) is 23.2 Å². The van der Waals surface area contributed by atoms with Gasteiger partial charge < -0.3 is 5.32 Å². The maximum atomic E-state index is 11.1. The fourth-order valence-electron chi connectivity index (χ4n) is 2.00. The number of hydrogen-bond acceptors (Lipinski definition) is 3. The van der Waals surface area contributed by atoms with Gasteiger partial charge in [0.1, 0.15) is 5.69 Å². The molecule has 0 saturated carbocycles. The van der Waals surface area contributed by atoms with Gasteiger partial charge in [-0.05, 0) is 54.8 Å². The predicted octanol–water partition coefficient (Wildman–Crippen LogP) is 5.13. The Hall–Kier alpha value is -1.78. The maximum absolute atomic E-state index is 11.1. The fraction of sp³-hybridized carbons (Fsp3) is 0.200. The summed E-state index contributed by atoms with van der Waals surface area (Å²) < 4.78 is 0. The Kier molecular flexibility index (Phi) is 4.70. The van der Waals surface area contributed by atoms with Crippen LogP contribution in [0.15, 0.2) is 30.3 Å². The number of nitrogens with zero attached hydrogens (tertiary/aromatic N) is 1. The molecule has 2 rings (SSSR count). The summed E-state index contributed by atoms with van der Waals surface area (Å²) in [5.41, 5.74) is 3.29. The third-order valence-corrected chi connectivity index (χ3v) is 3.65. The molecule has 2 aromatic carbocycles. The Bertz CT molecular complexity index is 682. The third kappa shape index (κ3) is 3.86. The van der Waals surface area contributed by atoms with Gasteiger partial charge in [-0.15, -0.1) is 0 Å². The van der Waals surface area contributed by atoms with Crippen molar-refractivity contribution >= 4 is 34.6 Å². The SMILES string of the molecule is Cc1cc(NCc2cc(Cl)cc(Cl)c2)c([N+](=O)[O-])cc1C. The van der Waals surface area contributed by atoms with E-state index in [0.29, 0.717) is 22.3 Å². The van der Waals surface area contributed by atoms with Gasteiger partial charge in [0.2, 0.25) is 0 Å². The molecule has 21 heavy (non-hydrogen) atoms. The molecule has 2 aromatic rings. The van der Waals surface area contributed by atoms with Crippen molar-refractivity contribution in [2.75, 3.05) is 5.32 Å². The lowest BCUT2D eigenvalue weighted by Crippen LogP contribution is -2.04. The number of rotatable bonds is 4. The van der Waals surface area contributed by atoms with Crippen molar-refractivity contribution in [2.45, 2.75) is 20.4 Å². The zero-order chi connectivity index (χ0) is 15.6. The van der Waals surface area contributed by atoms with E-state index in [1.54, 1.807) is 30.3 Å². The number of benzene rings is 2. The van der Waals surface area contributed by atoms with Crippen LogP contribution in [0.3, 0.4) is 0 Å². The van der Waals surface area contributed by atoms with Crippen LogP contribution in [0.5, 0.6) is 0 Å². The van der Waals surface area contributed by atoms with Crippen LogP contribution in [-0.2, 0) is 6.54 Å². The lowest BCUT2D eigenvalue weighted by molar-refractivity contribution is -0.384. The van der Waals surface area contributed by atoms with Gasteiger partial charge in [-0.2, -0.15) is 0 Å². The highest BCUT2D eigenvalue weighted by molar-refractivity contribution is 6.34. The summed E-state index contributed by atoms with van der Waals surface area (Å²) in [4.78, 5) is 10.7. The molecule has 0 aliphatic heterocycles. The zero-order valence-electron chi connectivity index (χ0n) is 11.6. The summed E-state index contributed by atoms with van der Waals surface area (Å²) in [6, 6.07) is 8.54. The maximum Gasteiger partial charge on any atom is 0.292 e. The summed E-state index contributed by atoms with van der Waals surface area (Å²) in [5, 5.41) is 15.3. The molecule has 0 heterocycles. The Labute approximate surface area is 132 Å².